The van der Waals surface area contributed by atoms with Gasteiger partial charge in [-0.05, 0) is 11.6 Å². The molecule has 1 fully saturated rings. The number of carbonyl (C=O) groups is 2. The van der Waals surface area contributed by atoms with Gasteiger partial charge in [0.25, 0.3) is 0 Å². The van der Waals surface area contributed by atoms with Crippen molar-refractivity contribution < 1.29 is 18.7 Å². The lowest BCUT2D eigenvalue weighted by Crippen LogP contribution is -2.60. The Morgan fingerprint density at radius 3 is 2.48 bits per heavy atom. The molecule has 0 aliphatic carbocycles. The topological polar surface area (TPSA) is 49.9 Å². The number of hydrogen-bond donors (Lipinski definition) is 0. The van der Waals surface area contributed by atoms with Crippen LogP contribution in [0, 0.1) is 5.82 Å². The number of halogens is 1. The summed E-state index contributed by atoms with van der Waals surface area (Å²) >= 11 is 0. The minimum absolute atomic E-state index is 0.0120. The molecule has 0 bridgehead atoms. The maximum Gasteiger partial charge on any atom is 0.246 e. The summed E-state index contributed by atoms with van der Waals surface area (Å²) in [6, 6.07) is 15.2. The average molecular weight is 370 g/mol. The molecule has 142 valence electrons. The molecular formula is C21H23FN2O3. The van der Waals surface area contributed by atoms with E-state index < -0.39 is 6.04 Å². The number of benzene rings is 2. The van der Waals surface area contributed by atoms with Crippen LogP contribution in [-0.4, -0.2) is 54.5 Å². The molecule has 5 nitrogen and oxygen atoms in total. The van der Waals surface area contributed by atoms with E-state index in [-0.39, 0.29) is 30.7 Å². The van der Waals surface area contributed by atoms with Crippen molar-refractivity contribution in [2.45, 2.75) is 19.0 Å². The number of hydrogen-bond acceptors (Lipinski definition) is 3. The lowest BCUT2D eigenvalue weighted by Gasteiger charge is -2.40. The van der Waals surface area contributed by atoms with E-state index >= 15 is 0 Å². The van der Waals surface area contributed by atoms with E-state index in [2.05, 4.69) is 0 Å². The van der Waals surface area contributed by atoms with Crippen LogP contribution in [0.3, 0.4) is 0 Å². The summed E-state index contributed by atoms with van der Waals surface area (Å²) in [4.78, 5) is 28.9. The minimum atomic E-state index is -0.662. The highest BCUT2D eigenvalue weighted by Crippen LogP contribution is 2.21. The van der Waals surface area contributed by atoms with Gasteiger partial charge in [-0.2, -0.15) is 0 Å². The van der Waals surface area contributed by atoms with Crippen molar-refractivity contribution in [3.8, 4) is 0 Å². The molecule has 1 aliphatic rings. The molecule has 1 atom stereocenters. The first-order valence-electron chi connectivity index (χ1n) is 8.94. The Balaban J connectivity index is 1.87. The average Bonchev–Trinajstić information content (AvgIpc) is 2.68. The Kier molecular flexibility index (Phi) is 6.19. The zero-order chi connectivity index (χ0) is 19.2. The summed E-state index contributed by atoms with van der Waals surface area (Å²) in [6.07, 6.45) is 0.392. The fraction of sp³-hybridized carbons (Fsp3) is 0.333. The van der Waals surface area contributed by atoms with Gasteiger partial charge in [-0.25, -0.2) is 4.39 Å². The zero-order valence-electron chi connectivity index (χ0n) is 15.3. The summed E-state index contributed by atoms with van der Waals surface area (Å²) in [5.74, 6) is -0.695. The van der Waals surface area contributed by atoms with Crippen molar-refractivity contribution in [3.63, 3.8) is 0 Å². The van der Waals surface area contributed by atoms with Crippen molar-refractivity contribution in [3.05, 3.63) is 71.5 Å². The largest absolute Gasteiger partial charge is 0.383 e. The second-order valence-corrected chi connectivity index (χ2v) is 6.57. The monoisotopic (exact) mass is 370 g/mol. The molecule has 3 rings (SSSR count). The van der Waals surface area contributed by atoms with Gasteiger partial charge in [-0.1, -0.05) is 48.5 Å². The van der Waals surface area contributed by atoms with E-state index in [0.717, 1.165) is 5.56 Å². The van der Waals surface area contributed by atoms with Gasteiger partial charge in [-0.3, -0.25) is 9.59 Å². The van der Waals surface area contributed by atoms with Crippen LogP contribution in [-0.2, 0) is 27.3 Å². The first kappa shape index (κ1) is 19.0. The molecular weight excluding hydrogens is 347 g/mol. The third-order valence-electron chi connectivity index (χ3n) is 4.76. The molecule has 6 heteroatoms. The minimum Gasteiger partial charge on any atom is -0.383 e. The fourth-order valence-electron chi connectivity index (χ4n) is 3.28. The van der Waals surface area contributed by atoms with Crippen molar-refractivity contribution in [1.29, 1.82) is 0 Å². The van der Waals surface area contributed by atoms with Gasteiger partial charge in [0.15, 0.2) is 0 Å². The highest BCUT2D eigenvalue weighted by Gasteiger charge is 2.39. The van der Waals surface area contributed by atoms with Crippen molar-refractivity contribution in [2.75, 3.05) is 26.8 Å². The summed E-state index contributed by atoms with van der Waals surface area (Å²) in [5, 5.41) is 0. The number of rotatable bonds is 7. The van der Waals surface area contributed by atoms with E-state index in [4.69, 9.17) is 4.74 Å². The molecule has 2 aromatic rings. The van der Waals surface area contributed by atoms with Crippen molar-refractivity contribution >= 4 is 11.8 Å². The van der Waals surface area contributed by atoms with Gasteiger partial charge < -0.3 is 14.5 Å². The molecule has 0 unspecified atom stereocenters. The zero-order valence-corrected chi connectivity index (χ0v) is 15.3. The van der Waals surface area contributed by atoms with Gasteiger partial charge >= 0.3 is 0 Å². The van der Waals surface area contributed by atoms with Crippen LogP contribution in [0.5, 0.6) is 0 Å². The summed E-state index contributed by atoms with van der Waals surface area (Å²) in [6.45, 7) is 0.791. The number of ether oxygens (including phenoxy) is 1. The first-order chi connectivity index (χ1) is 13.1. The van der Waals surface area contributed by atoms with Crippen LogP contribution >= 0.6 is 0 Å². The number of methoxy groups -OCH3 is 1. The third-order valence-corrected chi connectivity index (χ3v) is 4.76. The fourth-order valence-corrected chi connectivity index (χ4v) is 3.28. The van der Waals surface area contributed by atoms with E-state index in [9.17, 15) is 14.0 Å². The van der Waals surface area contributed by atoms with Crippen molar-refractivity contribution in [1.82, 2.24) is 9.80 Å². The maximum atomic E-state index is 14.1. The van der Waals surface area contributed by atoms with E-state index in [1.807, 2.05) is 30.3 Å². The Morgan fingerprint density at radius 2 is 1.78 bits per heavy atom. The third kappa shape index (κ3) is 4.52. The maximum absolute atomic E-state index is 14.1. The molecule has 0 N–H and O–H groups in total. The molecule has 1 saturated heterocycles. The van der Waals surface area contributed by atoms with E-state index in [0.29, 0.717) is 25.1 Å². The van der Waals surface area contributed by atoms with Crippen LogP contribution < -0.4 is 0 Å². The number of carbonyl (C=O) groups excluding carboxylic acids is 2. The van der Waals surface area contributed by atoms with Crippen LogP contribution in [0.1, 0.15) is 11.1 Å². The Labute approximate surface area is 158 Å². The summed E-state index contributed by atoms with van der Waals surface area (Å²) in [7, 11) is 1.56. The molecule has 0 spiro atoms. The smallest absolute Gasteiger partial charge is 0.246 e. The SMILES string of the molecule is COCCN1CC(=O)N(Cc2ccccc2F)[C@H](Cc2ccccc2)C1=O. The molecule has 27 heavy (non-hydrogen) atoms. The van der Waals surface area contributed by atoms with Gasteiger partial charge in [-0.15, -0.1) is 0 Å². The van der Waals surface area contributed by atoms with Gasteiger partial charge in [0.05, 0.1) is 13.2 Å². The number of amides is 2. The Morgan fingerprint density at radius 1 is 1.07 bits per heavy atom. The predicted molar refractivity (Wildman–Crippen MR) is 99.3 cm³/mol. The van der Waals surface area contributed by atoms with Gasteiger partial charge in [0, 0.05) is 32.2 Å². The van der Waals surface area contributed by atoms with Gasteiger partial charge in [0.2, 0.25) is 11.8 Å². The quantitative estimate of drug-likeness (QED) is 0.751. The van der Waals surface area contributed by atoms with E-state index in [1.165, 1.54) is 15.9 Å². The molecule has 0 aromatic heterocycles. The molecule has 0 saturated carbocycles. The second kappa shape index (κ2) is 8.77. The Bertz CT molecular complexity index is 797. The van der Waals surface area contributed by atoms with Crippen LogP contribution in [0.15, 0.2) is 54.6 Å². The highest BCUT2D eigenvalue weighted by atomic mass is 19.1. The molecule has 1 aliphatic heterocycles. The predicted octanol–water partition coefficient (Wildman–Crippen LogP) is 2.25. The molecule has 2 amide bonds. The molecule has 2 aromatic carbocycles. The highest BCUT2D eigenvalue weighted by molar-refractivity contribution is 5.95. The lowest BCUT2D eigenvalue weighted by atomic mass is 10.00. The van der Waals surface area contributed by atoms with Gasteiger partial charge in [0.1, 0.15) is 11.9 Å². The van der Waals surface area contributed by atoms with Crippen LogP contribution in [0.2, 0.25) is 0 Å². The van der Waals surface area contributed by atoms with E-state index in [1.54, 1.807) is 25.3 Å². The molecule has 1 heterocycles. The van der Waals surface area contributed by atoms with Crippen LogP contribution in [0.25, 0.3) is 0 Å². The second-order valence-electron chi connectivity index (χ2n) is 6.57. The normalized spacial score (nSPS) is 17.5. The Hall–Kier alpha value is -2.73. The summed E-state index contributed by atoms with van der Waals surface area (Å²) < 4.78 is 19.2. The lowest BCUT2D eigenvalue weighted by molar-refractivity contribution is -0.157. The number of nitrogens with zero attached hydrogens (tertiary/aromatic N) is 2. The van der Waals surface area contributed by atoms with Crippen molar-refractivity contribution in [2.24, 2.45) is 0 Å². The standard InChI is InChI=1S/C21H23FN2O3/c1-27-12-11-23-15-20(25)24(14-17-9-5-6-10-18(17)22)19(21(23)26)13-16-7-3-2-4-8-16/h2-10,19H,11-15H2,1H3/t19-/m1/s1. The molecule has 0 radical (unpaired) electrons. The first-order valence-corrected chi connectivity index (χ1v) is 8.94. The number of piperazine rings is 1. The summed E-state index contributed by atoms with van der Waals surface area (Å²) in [5.41, 5.74) is 1.36. The van der Waals surface area contributed by atoms with Crippen LogP contribution in [0.4, 0.5) is 4.39 Å².